The standard InChI is InChI=1S/C9H4BrCl2NO/c10-6-4-13-14-9(6)5-1-2-7(11)8(12)3-5/h1-4H. The molecule has 1 aromatic heterocycles. The first-order chi connectivity index (χ1) is 6.68. The van der Waals surface area contributed by atoms with Gasteiger partial charge in [0.25, 0.3) is 0 Å². The van der Waals surface area contributed by atoms with Crippen molar-refractivity contribution in [1.82, 2.24) is 5.16 Å². The predicted molar refractivity (Wildman–Crippen MR) is 59.7 cm³/mol. The Morgan fingerprint density at radius 3 is 2.57 bits per heavy atom. The number of hydrogen-bond donors (Lipinski definition) is 0. The van der Waals surface area contributed by atoms with Crippen LogP contribution in [0.1, 0.15) is 0 Å². The SMILES string of the molecule is Clc1ccc(-c2oncc2Br)cc1Cl. The lowest BCUT2D eigenvalue weighted by Crippen LogP contribution is -1.76. The number of halogens is 3. The van der Waals surface area contributed by atoms with E-state index in [-0.39, 0.29) is 0 Å². The fourth-order valence-electron chi connectivity index (χ4n) is 1.06. The summed E-state index contributed by atoms with van der Waals surface area (Å²) in [5, 5.41) is 4.66. The van der Waals surface area contributed by atoms with Crippen molar-refractivity contribution in [2.75, 3.05) is 0 Å². The zero-order valence-electron chi connectivity index (χ0n) is 6.80. The van der Waals surface area contributed by atoms with Gasteiger partial charge in [0.15, 0.2) is 5.76 Å². The summed E-state index contributed by atoms with van der Waals surface area (Å²) in [4.78, 5) is 0. The summed E-state index contributed by atoms with van der Waals surface area (Å²) in [6.45, 7) is 0. The molecule has 0 amide bonds. The summed E-state index contributed by atoms with van der Waals surface area (Å²) in [5.74, 6) is 0.642. The van der Waals surface area contributed by atoms with Crippen LogP contribution in [-0.2, 0) is 0 Å². The van der Waals surface area contributed by atoms with Gasteiger partial charge in [0.05, 0.1) is 20.7 Å². The second-order valence-electron chi connectivity index (χ2n) is 2.63. The van der Waals surface area contributed by atoms with Crippen LogP contribution in [0.2, 0.25) is 10.0 Å². The molecule has 0 spiro atoms. The fraction of sp³-hybridized carbons (Fsp3) is 0. The van der Waals surface area contributed by atoms with Gasteiger partial charge in [-0.1, -0.05) is 28.4 Å². The minimum absolute atomic E-state index is 0.493. The van der Waals surface area contributed by atoms with Crippen molar-refractivity contribution in [1.29, 1.82) is 0 Å². The third-order valence-electron chi connectivity index (χ3n) is 1.71. The van der Waals surface area contributed by atoms with Crippen LogP contribution < -0.4 is 0 Å². The van der Waals surface area contributed by atoms with Gasteiger partial charge in [-0.25, -0.2) is 0 Å². The molecule has 14 heavy (non-hydrogen) atoms. The van der Waals surface area contributed by atoms with Gasteiger partial charge in [-0.15, -0.1) is 0 Å². The van der Waals surface area contributed by atoms with E-state index >= 15 is 0 Å². The Bertz CT molecular complexity index is 470. The van der Waals surface area contributed by atoms with Crippen molar-refractivity contribution in [2.24, 2.45) is 0 Å². The molecule has 2 nitrogen and oxygen atoms in total. The molecule has 2 rings (SSSR count). The van der Waals surface area contributed by atoms with Crippen molar-refractivity contribution in [2.45, 2.75) is 0 Å². The Hall–Kier alpha value is -0.510. The molecule has 0 atom stereocenters. The zero-order valence-corrected chi connectivity index (χ0v) is 9.90. The minimum Gasteiger partial charge on any atom is -0.355 e. The van der Waals surface area contributed by atoms with Gasteiger partial charge in [0, 0.05) is 5.56 Å². The van der Waals surface area contributed by atoms with E-state index in [1.54, 1.807) is 18.3 Å². The molecule has 0 fully saturated rings. The van der Waals surface area contributed by atoms with E-state index in [0.717, 1.165) is 10.0 Å². The van der Waals surface area contributed by atoms with Gasteiger partial charge >= 0.3 is 0 Å². The fourth-order valence-corrected chi connectivity index (χ4v) is 1.74. The van der Waals surface area contributed by atoms with Crippen LogP contribution in [-0.4, -0.2) is 5.16 Å². The molecule has 1 heterocycles. The Kier molecular flexibility index (Phi) is 2.81. The number of rotatable bonds is 1. The molecule has 1 aromatic carbocycles. The lowest BCUT2D eigenvalue weighted by atomic mass is 10.2. The second kappa shape index (κ2) is 3.93. The Morgan fingerprint density at radius 1 is 1.21 bits per heavy atom. The van der Waals surface area contributed by atoms with E-state index < -0.39 is 0 Å². The van der Waals surface area contributed by atoms with Crippen LogP contribution in [0.4, 0.5) is 0 Å². The lowest BCUT2D eigenvalue weighted by molar-refractivity contribution is 0.432. The third-order valence-corrected chi connectivity index (χ3v) is 3.01. The van der Waals surface area contributed by atoms with Crippen molar-refractivity contribution < 1.29 is 4.52 Å². The van der Waals surface area contributed by atoms with Gasteiger partial charge < -0.3 is 4.52 Å². The van der Waals surface area contributed by atoms with Crippen molar-refractivity contribution in [3.05, 3.63) is 38.9 Å². The van der Waals surface area contributed by atoms with Gasteiger partial charge in [-0.2, -0.15) is 0 Å². The monoisotopic (exact) mass is 291 g/mol. The summed E-state index contributed by atoms with van der Waals surface area (Å²) < 4.78 is 5.83. The van der Waals surface area contributed by atoms with Crippen LogP contribution in [0.15, 0.2) is 33.4 Å². The molecule has 2 aromatic rings. The van der Waals surface area contributed by atoms with Crippen LogP contribution >= 0.6 is 39.1 Å². The van der Waals surface area contributed by atoms with Crippen molar-refractivity contribution in [3.63, 3.8) is 0 Å². The highest BCUT2D eigenvalue weighted by Crippen LogP contribution is 2.32. The molecule has 0 unspecified atom stereocenters. The van der Waals surface area contributed by atoms with E-state index in [1.807, 2.05) is 6.07 Å². The molecule has 0 aliphatic heterocycles. The summed E-state index contributed by atoms with van der Waals surface area (Å²) >= 11 is 15.0. The summed E-state index contributed by atoms with van der Waals surface area (Å²) in [7, 11) is 0. The number of benzene rings is 1. The molecule has 72 valence electrons. The average Bonchev–Trinajstić information content (AvgIpc) is 2.57. The van der Waals surface area contributed by atoms with Crippen LogP contribution in [0.5, 0.6) is 0 Å². The summed E-state index contributed by atoms with van der Waals surface area (Å²) in [6.07, 6.45) is 1.58. The molecule has 0 saturated heterocycles. The minimum atomic E-state index is 0.493. The molecule has 0 aliphatic rings. The highest BCUT2D eigenvalue weighted by Gasteiger charge is 2.09. The Labute approximate surface area is 98.9 Å². The van der Waals surface area contributed by atoms with E-state index in [9.17, 15) is 0 Å². The molecule has 0 radical (unpaired) electrons. The Morgan fingerprint density at radius 2 is 2.00 bits per heavy atom. The predicted octanol–water partition coefficient (Wildman–Crippen LogP) is 4.41. The highest BCUT2D eigenvalue weighted by molar-refractivity contribution is 9.10. The van der Waals surface area contributed by atoms with E-state index in [2.05, 4.69) is 21.1 Å². The summed E-state index contributed by atoms with van der Waals surface area (Å²) in [6, 6.07) is 5.27. The topological polar surface area (TPSA) is 26.0 Å². The van der Waals surface area contributed by atoms with Crippen molar-refractivity contribution in [3.8, 4) is 11.3 Å². The molecule has 0 aliphatic carbocycles. The first-order valence-corrected chi connectivity index (χ1v) is 5.29. The largest absolute Gasteiger partial charge is 0.355 e. The van der Waals surface area contributed by atoms with E-state index in [1.165, 1.54) is 0 Å². The maximum atomic E-state index is 5.87. The first kappa shape index (κ1) is 10.0. The quantitative estimate of drug-likeness (QED) is 0.778. The molecule has 0 saturated carbocycles. The highest BCUT2D eigenvalue weighted by atomic mass is 79.9. The van der Waals surface area contributed by atoms with Crippen LogP contribution in [0, 0.1) is 0 Å². The molecule has 5 heteroatoms. The average molecular weight is 293 g/mol. The second-order valence-corrected chi connectivity index (χ2v) is 4.30. The molecular formula is C9H4BrCl2NO. The van der Waals surface area contributed by atoms with Gasteiger partial charge in [0.1, 0.15) is 0 Å². The van der Waals surface area contributed by atoms with E-state index in [0.29, 0.717) is 15.8 Å². The number of aromatic nitrogens is 1. The first-order valence-electron chi connectivity index (χ1n) is 3.74. The van der Waals surface area contributed by atoms with Crippen LogP contribution in [0.25, 0.3) is 11.3 Å². The molecule has 0 bridgehead atoms. The summed E-state index contributed by atoms with van der Waals surface area (Å²) in [5.41, 5.74) is 0.837. The van der Waals surface area contributed by atoms with Crippen LogP contribution in [0.3, 0.4) is 0 Å². The maximum absolute atomic E-state index is 5.87. The third kappa shape index (κ3) is 1.80. The lowest BCUT2D eigenvalue weighted by Gasteiger charge is -1.99. The maximum Gasteiger partial charge on any atom is 0.181 e. The van der Waals surface area contributed by atoms with Gasteiger partial charge in [-0.3, -0.25) is 0 Å². The smallest absolute Gasteiger partial charge is 0.181 e. The number of nitrogens with zero attached hydrogens (tertiary/aromatic N) is 1. The normalized spacial score (nSPS) is 10.5. The molecular weight excluding hydrogens is 289 g/mol. The van der Waals surface area contributed by atoms with E-state index in [4.69, 9.17) is 27.7 Å². The molecule has 0 N–H and O–H groups in total. The number of hydrogen-bond acceptors (Lipinski definition) is 2. The zero-order chi connectivity index (χ0) is 10.1. The van der Waals surface area contributed by atoms with Crippen molar-refractivity contribution >= 4 is 39.1 Å². The van der Waals surface area contributed by atoms with Gasteiger partial charge in [0.2, 0.25) is 0 Å². The Balaban J connectivity index is 2.53. The van der Waals surface area contributed by atoms with Gasteiger partial charge in [-0.05, 0) is 34.1 Å².